The lowest BCUT2D eigenvalue weighted by Gasteiger charge is -2.43. The SMILES string of the molecule is CN(CCNC1(CC(=O)O)CNC1)C1CCCC1. The highest BCUT2D eigenvalue weighted by molar-refractivity contribution is 5.68. The molecule has 0 aromatic rings. The summed E-state index contributed by atoms with van der Waals surface area (Å²) in [4.78, 5) is 13.3. The molecule has 0 radical (unpaired) electrons. The van der Waals surface area contributed by atoms with Gasteiger partial charge in [-0.2, -0.15) is 0 Å². The van der Waals surface area contributed by atoms with E-state index in [0.29, 0.717) is 0 Å². The maximum Gasteiger partial charge on any atom is 0.305 e. The van der Waals surface area contributed by atoms with E-state index in [1.54, 1.807) is 0 Å². The molecular formula is C13H25N3O2. The van der Waals surface area contributed by atoms with Crippen LogP contribution in [-0.2, 0) is 4.79 Å². The third-order valence-electron chi connectivity index (χ3n) is 4.33. The molecule has 1 heterocycles. The van der Waals surface area contributed by atoms with Crippen LogP contribution in [0.15, 0.2) is 0 Å². The molecule has 0 unspecified atom stereocenters. The van der Waals surface area contributed by atoms with Gasteiger partial charge in [-0.25, -0.2) is 0 Å². The van der Waals surface area contributed by atoms with Crippen molar-refractivity contribution < 1.29 is 9.90 Å². The van der Waals surface area contributed by atoms with Crippen LogP contribution in [0.2, 0.25) is 0 Å². The first-order chi connectivity index (χ1) is 8.61. The van der Waals surface area contributed by atoms with Gasteiger partial charge in [-0.15, -0.1) is 0 Å². The van der Waals surface area contributed by atoms with Crippen molar-refractivity contribution in [3.05, 3.63) is 0 Å². The molecule has 3 N–H and O–H groups in total. The molecule has 5 nitrogen and oxygen atoms in total. The molecule has 1 aliphatic carbocycles. The van der Waals surface area contributed by atoms with E-state index in [1.165, 1.54) is 25.7 Å². The minimum absolute atomic E-state index is 0.206. The largest absolute Gasteiger partial charge is 0.481 e. The Morgan fingerprint density at radius 3 is 2.61 bits per heavy atom. The van der Waals surface area contributed by atoms with Crippen LogP contribution in [0.4, 0.5) is 0 Å². The van der Waals surface area contributed by atoms with Crippen molar-refractivity contribution in [2.75, 3.05) is 33.2 Å². The molecule has 2 rings (SSSR count). The molecule has 1 saturated carbocycles. The van der Waals surface area contributed by atoms with Crippen molar-refractivity contribution in [2.45, 2.75) is 43.7 Å². The Hall–Kier alpha value is -0.650. The summed E-state index contributed by atoms with van der Waals surface area (Å²) in [7, 11) is 2.18. The second-order valence-electron chi connectivity index (χ2n) is 5.80. The van der Waals surface area contributed by atoms with Crippen molar-refractivity contribution in [1.82, 2.24) is 15.5 Å². The number of nitrogens with one attached hydrogen (secondary N) is 2. The lowest BCUT2D eigenvalue weighted by atomic mass is 9.88. The molecule has 1 aliphatic heterocycles. The highest BCUT2D eigenvalue weighted by Crippen LogP contribution is 2.22. The normalized spacial score (nSPS) is 23.2. The quantitative estimate of drug-likeness (QED) is 0.609. The smallest absolute Gasteiger partial charge is 0.305 e. The minimum Gasteiger partial charge on any atom is -0.481 e. The van der Waals surface area contributed by atoms with Gasteiger partial charge in [-0.1, -0.05) is 12.8 Å². The van der Waals surface area contributed by atoms with Crippen LogP contribution >= 0.6 is 0 Å². The third kappa shape index (κ3) is 3.43. The van der Waals surface area contributed by atoms with Crippen molar-refractivity contribution in [1.29, 1.82) is 0 Å². The monoisotopic (exact) mass is 255 g/mol. The van der Waals surface area contributed by atoms with Gasteiger partial charge in [0.15, 0.2) is 0 Å². The molecule has 104 valence electrons. The Kier molecular flexibility index (Phi) is 4.59. The van der Waals surface area contributed by atoms with Gasteiger partial charge in [0.1, 0.15) is 0 Å². The number of rotatable bonds is 7. The molecule has 0 amide bonds. The lowest BCUT2D eigenvalue weighted by Crippen LogP contribution is -2.69. The van der Waals surface area contributed by atoms with E-state index < -0.39 is 5.97 Å². The molecule has 0 aromatic heterocycles. The van der Waals surface area contributed by atoms with Gasteiger partial charge in [0.25, 0.3) is 0 Å². The predicted octanol–water partition coefficient (Wildman–Crippen LogP) is 0.267. The fraction of sp³-hybridized carbons (Fsp3) is 0.923. The van der Waals surface area contributed by atoms with Crippen molar-refractivity contribution in [3.63, 3.8) is 0 Å². The van der Waals surface area contributed by atoms with E-state index in [4.69, 9.17) is 5.11 Å². The number of carboxylic acids is 1. The van der Waals surface area contributed by atoms with Crippen molar-refractivity contribution in [3.8, 4) is 0 Å². The second kappa shape index (κ2) is 5.99. The van der Waals surface area contributed by atoms with Gasteiger partial charge in [0, 0.05) is 32.2 Å². The number of hydrogen-bond donors (Lipinski definition) is 3. The van der Waals surface area contributed by atoms with Gasteiger partial charge >= 0.3 is 5.97 Å². The molecule has 0 aromatic carbocycles. The summed E-state index contributed by atoms with van der Waals surface area (Å²) in [6.45, 7) is 3.42. The van der Waals surface area contributed by atoms with Crippen LogP contribution in [0.3, 0.4) is 0 Å². The average molecular weight is 255 g/mol. The highest BCUT2D eigenvalue weighted by atomic mass is 16.4. The summed E-state index contributed by atoms with van der Waals surface area (Å²) >= 11 is 0. The zero-order valence-electron chi connectivity index (χ0n) is 11.2. The first-order valence-corrected chi connectivity index (χ1v) is 6.99. The topological polar surface area (TPSA) is 64.6 Å². The van der Waals surface area contributed by atoms with E-state index in [1.807, 2.05) is 0 Å². The minimum atomic E-state index is -0.715. The fourth-order valence-electron chi connectivity index (χ4n) is 3.05. The number of carboxylic acid groups (broad SMARTS) is 1. The lowest BCUT2D eigenvalue weighted by molar-refractivity contribution is -0.139. The summed E-state index contributed by atoms with van der Waals surface area (Å²) in [5, 5.41) is 15.5. The summed E-state index contributed by atoms with van der Waals surface area (Å²) in [5.41, 5.74) is -0.206. The number of aliphatic carboxylic acids is 1. The Bertz CT molecular complexity index is 286. The van der Waals surface area contributed by atoms with E-state index in [9.17, 15) is 4.79 Å². The van der Waals surface area contributed by atoms with Crippen molar-refractivity contribution >= 4 is 5.97 Å². The van der Waals surface area contributed by atoms with E-state index >= 15 is 0 Å². The Morgan fingerprint density at radius 1 is 1.44 bits per heavy atom. The third-order valence-corrected chi connectivity index (χ3v) is 4.33. The summed E-state index contributed by atoms with van der Waals surface area (Å²) in [6, 6.07) is 0.738. The van der Waals surface area contributed by atoms with Crippen LogP contribution in [0, 0.1) is 0 Å². The molecule has 5 heteroatoms. The summed E-state index contributed by atoms with van der Waals surface area (Å²) in [6.07, 6.45) is 5.56. The molecule has 18 heavy (non-hydrogen) atoms. The summed E-state index contributed by atoms with van der Waals surface area (Å²) < 4.78 is 0. The Balaban J connectivity index is 1.68. The maximum atomic E-state index is 10.8. The van der Waals surface area contributed by atoms with E-state index in [0.717, 1.165) is 32.2 Å². The molecule has 1 saturated heterocycles. The molecule has 2 aliphatic rings. The van der Waals surface area contributed by atoms with Crippen LogP contribution < -0.4 is 10.6 Å². The van der Waals surface area contributed by atoms with Crippen molar-refractivity contribution in [2.24, 2.45) is 0 Å². The Morgan fingerprint density at radius 2 is 2.11 bits per heavy atom. The van der Waals surface area contributed by atoms with E-state index in [2.05, 4.69) is 22.6 Å². The number of carbonyl (C=O) groups is 1. The van der Waals surface area contributed by atoms with Gasteiger partial charge in [0.05, 0.1) is 12.0 Å². The van der Waals surface area contributed by atoms with Crippen LogP contribution in [0.25, 0.3) is 0 Å². The van der Waals surface area contributed by atoms with Crippen LogP contribution in [0.1, 0.15) is 32.1 Å². The molecule has 0 bridgehead atoms. The molecule has 0 atom stereocenters. The van der Waals surface area contributed by atoms with Crippen LogP contribution in [-0.4, -0.2) is 60.8 Å². The zero-order valence-corrected chi connectivity index (χ0v) is 11.2. The predicted molar refractivity (Wildman–Crippen MR) is 70.7 cm³/mol. The van der Waals surface area contributed by atoms with E-state index in [-0.39, 0.29) is 12.0 Å². The number of nitrogens with zero attached hydrogens (tertiary/aromatic N) is 1. The van der Waals surface area contributed by atoms with Gasteiger partial charge in [-0.3, -0.25) is 4.79 Å². The van der Waals surface area contributed by atoms with Gasteiger partial charge in [0.2, 0.25) is 0 Å². The molecule has 2 fully saturated rings. The number of hydrogen-bond acceptors (Lipinski definition) is 4. The molecule has 0 spiro atoms. The standard InChI is InChI=1S/C13H25N3O2/c1-16(11-4-2-3-5-11)7-6-15-13(8-12(17)18)9-14-10-13/h11,14-15H,2-10H2,1H3,(H,17,18). The zero-order chi connectivity index (χ0) is 13.0. The van der Waals surface area contributed by atoms with Gasteiger partial charge in [-0.05, 0) is 19.9 Å². The number of likely N-dealkylation sites (N-methyl/N-ethyl adjacent to an activating group) is 1. The fourth-order valence-corrected chi connectivity index (χ4v) is 3.05. The molecular weight excluding hydrogens is 230 g/mol. The highest BCUT2D eigenvalue weighted by Gasteiger charge is 2.38. The van der Waals surface area contributed by atoms with Gasteiger partial charge < -0.3 is 20.6 Å². The first kappa shape index (κ1) is 13.8. The van der Waals surface area contributed by atoms with Crippen LogP contribution in [0.5, 0.6) is 0 Å². The maximum absolute atomic E-state index is 10.8. The second-order valence-corrected chi connectivity index (χ2v) is 5.80. The Labute approximate surface area is 109 Å². The summed E-state index contributed by atoms with van der Waals surface area (Å²) in [5.74, 6) is -0.715. The first-order valence-electron chi connectivity index (χ1n) is 6.99. The average Bonchev–Trinajstić information content (AvgIpc) is 2.78.